The van der Waals surface area contributed by atoms with Crippen LogP contribution in [0.25, 0.3) is 0 Å². The fourth-order valence-electron chi connectivity index (χ4n) is 3.22. The molecule has 5 heteroatoms. The van der Waals surface area contributed by atoms with Gasteiger partial charge in [0, 0.05) is 16.6 Å². The van der Waals surface area contributed by atoms with Crippen molar-refractivity contribution >= 4 is 27.5 Å². The van der Waals surface area contributed by atoms with Crippen LogP contribution in [0.2, 0.25) is 0 Å². The summed E-state index contributed by atoms with van der Waals surface area (Å²) >= 11 is 3.50. The van der Waals surface area contributed by atoms with Crippen LogP contribution in [0.1, 0.15) is 27.7 Å². The number of carbonyl (C=O) groups is 1. The molecule has 2 atom stereocenters. The maximum Gasteiger partial charge on any atom is 0.228 e. The van der Waals surface area contributed by atoms with Crippen LogP contribution in [-0.4, -0.2) is 19.1 Å². The summed E-state index contributed by atoms with van der Waals surface area (Å²) in [7, 11) is 0. The molecule has 3 rings (SSSR count). The van der Waals surface area contributed by atoms with Crippen molar-refractivity contribution in [1.29, 1.82) is 0 Å². The van der Waals surface area contributed by atoms with Gasteiger partial charge in [-0.3, -0.25) is 4.79 Å². The molecule has 124 valence electrons. The predicted molar refractivity (Wildman–Crippen MR) is 94.0 cm³/mol. The van der Waals surface area contributed by atoms with Gasteiger partial charge in [0.15, 0.2) is 11.5 Å². The number of fused-ring (bicyclic) bond motifs is 1. The second-order valence-corrected chi connectivity index (χ2v) is 7.89. The third kappa shape index (κ3) is 3.11. The summed E-state index contributed by atoms with van der Waals surface area (Å²) in [6.07, 6.45) is 2.20. The Morgan fingerprint density at radius 3 is 2.48 bits per heavy atom. The van der Waals surface area contributed by atoms with E-state index in [9.17, 15) is 4.79 Å². The van der Waals surface area contributed by atoms with E-state index < -0.39 is 0 Å². The molecule has 1 aliphatic carbocycles. The number of ether oxygens (including phenoxy) is 2. The molecule has 0 radical (unpaired) electrons. The van der Waals surface area contributed by atoms with Crippen LogP contribution in [0.5, 0.6) is 11.5 Å². The van der Waals surface area contributed by atoms with Crippen LogP contribution >= 0.6 is 15.9 Å². The molecule has 23 heavy (non-hydrogen) atoms. The smallest absolute Gasteiger partial charge is 0.228 e. The maximum atomic E-state index is 12.7. The molecule has 0 bridgehead atoms. The van der Waals surface area contributed by atoms with E-state index in [2.05, 4.69) is 55.0 Å². The van der Waals surface area contributed by atoms with Crippen LogP contribution in [-0.2, 0) is 4.79 Å². The molecule has 1 aromatic carbocycles. The zero-order valence-corrected chi connectivity index (χ0v) is 15.5. The number of amides is 1. The van der Waals surface area contributed by atoms with Gasteiger partial charge in [-0.1, -0.05) is 25.5 Å². The molecule has 0 spiro atoms. The lowest BCUT2D eigenvalue weighted by Gasteiger charge is -2.20. The first kappa shape index (κ1) is 16.4. The Balaban J connectivity index is 1.78. The summed E-state index contributed by atoms with van der Waals surface area (Å²) in [6.45, 7) is 9.49. The molecule has 1 fully saturated rings. The third-order valence-corrected chi connectivity index (χ3v) is 5.25. The van der Waals surface area contributed by atoms with Gasteiger partial charge in [-0.25, -0.2) is 0 Å². The molecule has 1 aromatic rings. The first-order valence-electron chi connectivity index (χ1n) is 7.85. The Kier molecular flexibility index (Phi) is 4.17. The van der Waals surface area contributed by atoms with Crippen molar-refractivity contribution in [3.63, 3.8) is 0 Å². The van der Waals surface area contributed by atoms with Gasteiger partial charge >= 0.3 is 0 Å². The van der Waals surface area contributed by atoms with Crippen molar-refractivity contribution in [3.05, 3.63) is 28.3 Å². The number of anilines is 1. The number of rotatable bonds is 3. The molecule has 1 heterocycles. The molecular weight excluding hydrogens is 358 g/mol. The topological polar surface area (TPSA) is 47.6 Å². The Morgan fingerprint density at radius 2 is 1.87 bits per heavy atom. The number of allylic oxidation sites excluding steroid dienone is 2. The van der Waals surface area contributed by atoms with E-state index in [4.69, 9.17) is 9.47 Å². The van der Waals surface area contributed by atoms with Crippen molar-refractivity contribution < 1.29 is 14.3 Å². The minimum Gasteiger partial charge on any atom is -0.486 e. The van der Waals surface area contributed by atoms with Gasteiger partial charge in [-0.05, 0) is 41.1 Å². The predicted octanol–water partition coefficient (Wildman–Crippen LogP) is 4.40. The fraction of sp³-hybridized carbons (Fsp3) is 0.500. The van der Waals surface area contributed by atoms with Gasteiger partial charge in [0.25, 0.3) is 0 Å². The Morgan fingerprint density at radius 1 is 1.26 bits per heavy atom. The first-order chi connectivity index (χ1) is 10.8. The number of nitrogens with one attached hydrogen (secondary N) is 1. The van der Waals surface area contributed by atoms with E-state index in [-0.39, 0.29) is 17.2 Å². The monoisotopic (exact) mass is 379 g/mol. The molecule has 2 unspecified atom stereocenters. The van der Waals surface area contributed by atoms with Gasteiger partial charge in [0.05, 0.1) is 11.6 Å². The van der Waals surface area contributed by atoms with E-state index in [0.29, 0.717) is 30.6 Å². The minimum atomic E-state index is -0.00231. The normalized spacial score (nSPS) is 23.9. The zero-order chi connectivity index (χ0) is 16.8. The molecule has 0 aromatic heterocycles. The van der Waals surface area contributed by atoms with Gasteiger partial charge in [0.1, 0.15) is 13.2 Å². The van der Waals surface area contributed by atoms with Gasteiger partial charge in [0.2, 0.25) is 5.91 Å². The largest absolute Gasteiger partial charge is 0.486 e. The number of benzene rings is 1. The van der Waals surface area contributed by atoms with Crippen molar-refractivity contribution in [2.75, 3.05) is 18.5 Å². The second-order valence-electron chi connectivity index (χ2n) is 7.03. The Hall–Kier alpha value is -1.49. The van der Waals surface area contributed by atoms with E-state index in [1.54, 1.807) is 0 Å². The summed E-state index contributed by atoms with van der Waals surface area (Å²) in [6, 6.07) is 3.66. The Labute approximate surface area is 145 Å². The lowest BCUT2D eigenvalue weighted by molar-refractivity contribution is -0.118. The lowest BCUT2D eigenvalue weighted by atomic mass is 10.1. The summed E-state index contributed by atoms with van der Waals surface area (Å²) in [5, 5.41) is 3.03. The van der Waals surface area contributed by atoms with E-state index in [1.807, 2.05) is 12.1 Å². The average Bonchev–Trinajstić information content (AvgIpc) is 2.99. The van der Waals surface area contributed by atoms with E-state index >= 15 is 0 Å². The van der Waals surface area contributed by atoms with E-state index in [0.717, 1.165) is 10.2 Å². The van der Waals surface area contributed by atoms with Crippen LogP contribution in [0, 0.1) is 17.3 Å². The fourth-order valence-corrected chi connectivity index (χ4v) is 3.64. The Bertz CT molecular complexity index is 677. The highest BCUT2D eigenvalue weighted by Gasteiger charge is 2.60. The zero-order valence-electron chi connectivity index (χ0n) is 13.9. The van der Waals surface area contributed by atoms with Crippen LogP contribution in [0.4, 0.5) is 5.69 Å². The standard InChI is InChI=1S/C18H22BrNO3/c1-10(2)7-11-16(18(11,3)4)17(21)20-13-9-15-14(8-12(13)19)22-5-6-23-15/h7-9,11,16H,5-6H2,1-4H3,(H,20,21). The highest BCUT2D eigenvalue weighted by Crippen LogP contribution is 2.59. The molecule has 1 aliphatic heterocycles. The molecule has 0 saturated heterocycles. The van der Waals surface area contributed by atoms with Crippen LogP contribution in [0.3, 0.4) is 0 Å². The maximum absolute atomic E-state index is 12.7. The van der Waals surface area contributed by atoms with Crippen LogP contribution < -0.4 is 14.8 Å². The average molecular weight is 380 g/mol. The quantitative estimate of drug-likeness (QED) is 0.791. The van der Waals surface area contributed by atoms with Crippen molar-refractivity contribution in [1.82, 2.24) is 0 Å². The van der Waals surface area contributed by atoms with Crippen LogP contribution in [0.15, 0.2) is 28.3 Å². The second kappa shape index (κ2) is 5.86. The van der Waals surface area contributed by atoms with Gasteiger partial charge in [-0.2, -0.15) is 0 Å². The van der Waals surface area contributed by atoms with Crippen molar-refractivity contribution in [3.8, 4) is 11.5 Å². The third-order valence-electron chi connectivity index (χ3n) is 4.60. The van der Waals surface area contributed by atoms with Gasteiger partial charge in [-0.15, -0.1) is 0 Å². The number of carbonyl (C=O) groups excluding carboxylic acids is 1. The van der Waals surface area contributed by atoms with E-state index in [1.165, 1.54) is 5.57 Å². The molecular formula is C18H22BrNO3. The highest BCUT2D eigenvalue weighted by molar-refractivity contribution is 9.10. The highest BCUT2D eigenvalue weighted by atomic mass is 79.9. The lowest BCUT2D eigenvalue weighted by Crippen LogP contribution is -2.19. The number of halogens is 1. The SMILES string of the molecule is CC(C)=CC1C(C(=O)Nc2cc3c(cc2Br)OCCO3)C1(C)C. The van der Waals surface area contributed by atoms with Crippen molar-refractivity contribution in [2.24, 2.45) is 17.3 Å². The van der Waals surface area contributed by atoms with Crippen molar-refractivity contribution in [2.45, 2.75) is 27.7 Å². The first-order valence-corrected chi connectivity index (χ1v) is 8.65. The summed E-state index contributed by atoms with van der Waals surface area (Å²) in [4.78, 5) is 12.7. The molecule has 1 amide bonds. The van der Waals surface area contributed by atoms with Gasteiger partial charge < -0.3 is 14.8 Å². The summed E-state index contributed by atoms with van der Waals surface area (Å²) in [5.74, 6) is 1.72. The molecule has 1 saturated carbocycles. The summed E-state index contributed by atoms with van der Waals surface area (Å²) < 4.78 is 11.9. The molecule has 4 nitrogen and oxygen atoms in total. The summed E-state index contributed by atoms with van der Waals surface area (Å²) in [5.41, 5.74) is 1.97. The molecule has 1 N–H and O–H groups in total. The number of hydrogen-bond donors (Lipinski definition) is 1. The number of hydrogen-bond acceptors (Lipinski definition) is 3. The minimum absolute atomic E-state index is 0.00164. The molecule has 2 aliphatic rings.